The number of nitrogens with zero attached hydrogens (tertiary/aromatic N) is 2. The van der Waals surface area contributed by atoms with Gasteiger partial charge in [0.05, 0.1) is 18.5 Å². The summed E-state index contributed by atoms with van der Waals surface area (Å²) < 4.78 is 5.24. The van der Waals surface area contributed by atoms with Crippen LogP contribution in [0.1, 0.15) is 13.3 Å². The summed E-state index contributed by atoms with van der Waals surface area (Å²) in [5, 5.41) is 0.823. The van der Waals surface area contributed by atoms with Gasteiger partial charge in [0.15, 0.2) is 5.16 Å². The van der Waals surface area contributed by atoms with Crippen LogP contribution in [0.25, 0.3) is 22.5 Å². The number of ether oxygens (including phenoxy) is 1. The van der Waals surface area contributed by atoms with Crippen molar-refractivity contribution in [2.45, 2.75) is 18.5 Å². The molecule has 0 saturated heterocycles. The van der Waals surface area contributed by atoms with Crippen molar-refractivity contribution in [1.82, 2.24) is 9.97 Å². The van der Waals surface area contributed by atoms with E-state index in [1.54, 1.807) is 18.9 Å². The summed E-state index contributed by atoms with van der Waals surface area (Å²) in [6, 6.07) is 20.3. The first-order valence-electron chi connectivity index (χ1n) is 8.02. The number of benzene rings is 2. The fourth-order valence-electron chi connectivity index (χ4n) is 2.35. The average Bonchev–Trinajstić information content (AvgIpc) is 2.67. The van der Waals surface area contributed by atoms with Gasteiger partial charge in [-0.2, -0.15) is 0 Å². The summed E-state index contributed by atoms with van der Waals surface area (Å²) in [5.74, 6) is 1.86. The molecule has 0 aliphatic rings. The molecule has 0 N–H and O–H groups in total. The van der Waals surface area contributed by atoms with E-state index in [1.807, 2.05) is 48.5 Å². The van der Waals surface area contributed by atoms with Crippen LogP contribution in [0, 0.1) is 0 Å². The number of rotatable bonds is 6. The Bertz CT molecular complexity index is 788. The predicted molar refractivity (Wildman–Crippen MR) is 100 cm³/mol. The minimum atomic E-state index is 0.823. The van der Waals surface area contributed by atoms with Crippen LogP contribution in [0.4, 0.5) is 0 Å². The topological polar surface area (TPSA) is 35.0 Å². The Morgan fingerprint density at radius 2 is 1.50 bits per heavy atom. The van der Waals surface area contributed by atoms with Gasteiger partial charge in [-0.3, -0.25) is 0 Å². The molecular weight excluding hydrogens is 316 g/mol. The SMILES string of the molecule is CCCSc1nc(-c2ccccc2)cc(-c2ccc(OC)cc2)n1. The third-order valence-electron chi connectivity index (χ3n) is 3.60. The second kappa shape index (κ2) is 7.97. The van der Waals surface area contributed by atoms with Gasteiger partial charge in [0.2, 0.25) is 0 Å². The van der Waals surface area contributed by atoms with Crippen LogP contribution >= 0.6 is 11.8 Å². The summed E-state index contributed by atoms with van der Waals surface area (Å²) in [6.45, 7) is 2.17. The average molecular weight is 336 g/mol. The smallest absolute Gasteiger partial charge is 0.188 e. The molecular formula is C20H20N2OS. The van der Waals surface area contributed by atoms with E-state index < -0.39 is 0 Å². The quantitative estimate of drug-likeness (QED) is 0.451. The van der Waals surface area contributed by atoms with Gasteiger partial charge in [-0.15, -0.1) is 0 Å². The third-order valence-corrected chi connectivity index (χ3v) is 4.65. The Hall–Kier alpha value is -2.33. The Morgan fingerprint density at radius 3 is 2.08 bits per heavy atom. The van der Waals surface area contributed by atoms with Gasteiger partial charge in [-0.05, 0) is 36.8 Å². The van der Waals surface area contributed by atoms with Crippen molar-refractivity contribution in [1.29, 1.82) is 0 Å². The Labute approximate surface area is 147 Å². The lowest BCUT2D eigenvalue weighted by molar-refractivity contribution is 0.415. The van der Waals surface area contributed by atoms with Crippen LogP contribution in [0.5, 0.6) is 5.75 Å². The fourth-order valence-corrected chi connectivity index (χ4v) is 3.06. The van der Waals surface area contributed by atoms with Gasteiger partial charge in [-0.25, -0.2) is 9.97 Å². The monoisotopic (exact) mass is 336 g/mol. The summed E-state index contributed by atoms with van der Waals surface area (Å²) in [7, 11) is 1.67. The summed E-state index contributed by atoms with van der Waals surface area (Å²) in [5.41, 5.74) is 4.06. The molecule has 1 heterocycles. The minimum absolute atomic E-state index is 0.823. The van der Waals surface area contributed by atoms with Crippen molar-refractivity contribution in [2.75, 3.05) is 12.9 Å². The number of aromatic nitrogens is 2. The summed E-state index contributed by atoms with van der Waals surface area (Å²) in [4.78, 5) is 9.46. The Morgan fingerprint density at radius 1 is 0.875 bits per heavy atom. The van der Waals surface area contributed by atoms with E-state index in [4.69, 9.17) is 14.7 Å². The van der Waals surface area contributed by atoms with Gasteiger partial charge in [0.25, 0.3) is 0 Å². The van der Waals surface area contributed by atoms with E-state index >= 15 is 0 Å². The maximum absolute atomic E-state index is 5.24. The van der Waals surface area contributed by atoms with Crippen molar-refractivity contribution < 1.29 is 4.74 Å². The van der Waals surface area contributed by atoms with Crippen molar-refractivity contribution in [2.24, 2.45) is 0 Å². The zero-order valence-electron chi connectivity index (χ0n) is 13.9. The molecule has 0 radical (unpaired) electrons. The lowest BCUT2D eigenvalue weighted by Crippen LogP contribution is -1.95. The molecule has 0 amide bonds. The summed E-state index contributed by atoms with van der Waals surface area (Å²) in [6.07, 6.45) is 1.10. The summed E-state index contributed by atoms with van der Waals surface area (Å²) >= 11 is 1.70. The molecule has 0 saturated carbocycles. The van der Waals surface area contributed by atoms with E-state index in [2.05, 4.69) is 19.1 Å². The van der Waals surface area contributed by atoms with E-state index in [9.17, 15) is 0 Å². The highest BCUT2D eigenvalue weighted by Crippen LogP contribution is 2.28. The molecule has 24 heavy (non-hydrogen) atoms. The molecule has 0 bridgehead atoms. The van der Waals surface area contributed by atoms with E-state index in [-0.39, 0.29) is 0 Å². The third kappa shape index (κ3) is 3.95. The van der Waals surface area contributed by atoms with Gasteiger partial charge >= 0.3 is 0 Å². The first-order valence-corrected chi connectivity index (χ1v) is 9.00. The second-order valence-corrected chi connectivity index (χ2v) is 6.43. The first kappa shape index (κ1) is 16.5. The van der Waals surface area contributed by atoms with Gasteiger partial charge in [-0.1, -0.05) is 49.0 Å². The van der Waals surface area contributed by atoms with Crippen LogP contribution in [-0.2, 0) is 0 Å². The minimum Gasteiger partial charge on any atom is -0.497 e. The lowest BCUT2D eigenvalue weighted by atomic mass is 10.1. The first-order chi connectivity index (χ1) is 11.8. The lowest BCUT2D eigenvalue weighted by Gasteiger charge is -2.09. The molecule has 1 aromatic heterocycles. The van der Waals surface area contributed by atoms with E-state index in [1.165, 1.54) is 0 Å². The number of hydrogen-bond donors (Lipinski definition) is 0. The van der Waals surface area contributed by atoms with Gasteiger partial charge in [0.1, 0.15) is 5.75 Å². The molecule has 3 rings (SSSR count). The number of thioether (sulfide) groups is 1. The van der Waals surface area contributed by atoms with Crippen molar-refractivity contribution >= 4 is 11.8 Å². The molecule has 0 atom stereocenters. The molecule has 4 heteroatoms. The van der Waals surface area contributed by atoms with Crippen LogP contribution in [-0.4, -0.2) is 22.8 Å². The molecule has 0 unspecified atom stereocenters. The van der Waals surface area contributed by atoms with Crippen molar-refractivity contribution in [3.05, 3.63) is 60.7 Å². The molecule has 0 spiro atoms. The number of hydrogen-bond acceptors (Lipinski definition) is 4. The highest BCUT2D eigenvalue weighted by molar-refractivity contribution is 7.99. The van der Waals surface area contributed by atoms with E-state index in [0.717, 1.165) is 45.6 Å². The van der Waals surface area contributed by atoms with Crippen molar-refractivity contribution in [3.63, 3.8) is 0 Å². The van der Waals surface area contributed by atoms with Crippen LogP contribution in [0.2, 0.25) is 0 Å². The number of methoxy groups -OCH3 is 1. The largest absolute Gasteiger partial charge is 0.497 e. The van der Waals surface area contributed by atoms with Crippen LogP contribution in [0.3, 0.4) is 0 Å². The van der Waals surface area contributed by atoms with Crippen LogP contribution < -0.4 is 4.74 Å². The highest BCUT2D eigenvalue weighted by Gasteiger charge is 2.09. The zero-order valence-corrected chi connectivity index (χ0v) is 14.7. The highest BCUT2D eigenvalue weighted by atomic mass is 32.2. The van der Waals surface area contributed by atoms with E-state index in [0.29, 0.717) is 0 Å². The van der Waals surface area contributed by atoms with Gasteiger partial charge < -0.3 is 4.74 Å². The molecule has 122 valence electrons. The Balaban J connectivity index is 2.03. The molecule has 0 fully saturated rings. The molecule has 0 aliphatic carbocycles. The van der Waals surface area contributed by atoms with Crippen LogP contribution in [0.15, 0.2) is 65.8 Å². The zero-order chi connectivity index (χ0) is 16.8. The fraction of sp³-hybridized carbons (Fsp3) is 0.200. The van der Waals surface area contributed by atoms with Crippen molar-refractivity contribution in [3.8, 4) is 28.3 Å². The normalized spacial score (nSPS) is 10.6. The maximum Gasteiger partial charge on any atom is 0.188 e. The maximum atomic E-state index is 5.24. The molecule has 3 aromatic rings. The van der Waals surface area contributed by atoms with Gasteiger partial charge in [0, 0.05) is 16.9 Å². The molecule has 0 aliphatic heterocycles. The Kier molecular flexibility index (Phi) is 5.49. The predicted octanol–water partition coefficient (Wildman–Crippen LogP) is 5.32. The second-order valence-electron chi connectivity index (χ2n) is 5.36. The molecule has 3 nitrogen and oxygen atoms in total. The molecule has 2 aromatic carbocycles. The standard InChI is InChI=1S/C20H20N2OS/c1-3-13-24-20-21-18(15-7-5-4-6-8-15)14-19(22-20)16-9-11-17(23-2)12-10-16/h4-12,14H,3,13H2,1-2H3.